The van der Waals surface area contributed by atoms with Crippen LogP contribution in [-0.4, -0.2) is 36.4 Å². The topological polar surface area (TPSA) is 56.5 Å². The molecule has 0 N–H and O–H groups in total. The van der Waals surface area contributed by atoms with Crippen molar-refractivity contribution in [3.63, 3.8) is 0 Å². The minimum Gasteiger partial charge on any atom is -0.304 e. The van der Waals surface area contributed by atoms with Crippen LogP contribution in [0.1, 0.15) is 6.42 Å². The Balaban J connectivity index is 2.15. The van der Waals surface area contributed by atoms with Gasteiger partial charge in [-0.1, -0.05) is 11.8 Å². The third-order valence-corrected chi connectivity index (χ3v) is 3.53. The molecule has 5 nitrogen and oxygen atoms in total. The van der Waals surface area contributed by atoms with Crippen LogP contribution in [0, 0.1) is 0 Å². The van der Waals surface area contributed by atoms with Crippen molar-refractivity contribution >= 4 is 23.4 Å². The van der Waals surface area contributed by atoms with Crippen LogP contribution in [0.5, 0.6) is 0 Å². The van der Waals surface area contributed by atoms with Crippen molar-refractivity contribution < 1.29 is 0 Å². The number of aromatic nitrogens is 5. The summed E-state index contributed by atoms with van der Waals surface area (Å²) in [6.07, 6.45) is 4.16. The number of hydrogen-bond acceptors (Lipinski definition) is 5. The van der Waals surface area contributed by atoms with Crippen LogP contribution in [-0.2, 0) is 7.05 Å². The summed E-state index contributed by atoms with van der Waals surface area (Å²) >= 11 is 7.28. The van der Waals surface area contributed by atoms with Gasteiger partial charge in [0, 0.05) is 24.9 Å². The van der Waals surface area contributed by atoms with E-state index in [0.717, 1.165) is 28.8 Å². The van der Waals surface area contributed by atoms with Gasteiger partial charge in [0.15, 0.2) is 11.0 Å². The highest BCUT2D eigenvalue weighted by atomic mass is 35.5. The van der Waals surface area contributed by atoms with Gasteiger partial charge in [0.05, 0.1) is 0 Å². The third-order valence-electron chi connectivity index (χ3n) is 2.16. The van der Waals surface area contributed by atoms with E-state index in [0.29, 0.717) is 5.88 Å². The fourth-order valence-corrected chi connectivity index (χ4v) is 2.45. The minimum absolute atomic E-state index is 0.670. The summed E-state index contributed by atoms with van der Waals surface area (Å²) in [5.74, 6) is 2.36. The van der Waals surface area contributed by atoms with E-state index >= 15 is 0 Å². The summed E-state index contributed by atoms with van der Waals surface area (Å²) in [5, 5.41) is 9.15. The molecule has 17 heavy (non-hydrogen) atoms. The molecule has 7 heteroatoms. The first-order valence-corrected chi connectivity index (χ1v) is 6.69. The molecule has 0 aliphatic rings. The smallest absolute Gasteiger partial charge is 0.191 e. The maximum atomic E-state index is 5.64. The molecule has 0 saturated heterocycles. The molecule has 90 valence electrons. The monoisotopic (exact) mass is 269 g/mol. The van der Waals surface area contributed by atoms with E-state index in [-0.39, 0.29) is 0 Å². The number of rotatable bonds is 5. The van der Waals surface area contributed by atoms with Gasteiger partial charge < -0.3 is 4.57 Å². The molecule has 0 radical (unpaired) electrons. The summed E-state index contributed by atoms with van der Waals surface area (Å²) in [6, 6.07) is 1.82. The molecule has 0 bridgehead atoms. The minimum atomic E-state index is 0.670. The molecule has 2 heterocycles. The molecule has 2 rings (SSSR count). The van der Waals surface area contributed by atoms with Crippen molar-refractivity contribution in [1.29, 1.82) is 0 Å². The van der Waals surface area contributed by atoms with Crippen molar-refractivity contribution in [2.75, 3.05) is 11.6 Å². The first-order valence-electron chi connectivity index (χ1n) is 5.17. The van der Waals surface area contributed by atoms with Crippen LogP contribution >= 0.6 is 23.4 Å². The molecule has 0 saturated carbocycles. The van der Waals surface area contributed by atoms with Gasteiger partial charge in [-0.3, -0.25) is 0 Å². The zero-order valence-corrected chi connectivity index (χ0v) is 10.9. The SMILES string of the molecule is Cn1c(SCCCCl)nnc1-c1ccncn1. The molecule has 0 fully saturated rings. The molecule has 0 aliphatic heterocycles. The summed E-state index contributed by atoms with van der Waals surface area (Å²) in [5.41, 5.74) is 0.777. The van der Waals surface area contributed by atoms with E-state index in [4.69, 9.17) is 11.6 Å². The number of nitrogens with zero attached hydrogens (tertiary/aromatic N) is 5. The summed E-state index contributed by atoms with van der Waals surface area (Å²) in [4.78, 5) is 8.03. The Bertz CT molecular complexity index is 473. The van der Waals surface area contributed by atoms with E-state index in [1.807, 2.05) is 17.7 Å². The van der Waals surface area contributed by atoms with E-state index in [9.17, 15) is 0 Å². The maximum absolute atomic E-state index is 5.64. The third kappa shape index (κ3) is 2.95. The Hall–Kier alpha value is -1.14. The summed E-state index contributed by atoms with van der Waals surface area (Å²) in [7, 11) is 1.93. The number of alkyl halides is 1. The fourth-order valence-electron chi connectivity index (χ4n) is 1.30. The Morgan fingerprint density at radius 3 is 3.00 bits per heavy atom. The molecular weight excluding hydrogens is 258 g/mol. The Morgan fingerprint density at radius 2 is 2.29 bits per heavy atom. The largest absolute Gasteiger partial charge is 0.304 e. The molecule has 0 aliphatic carbocycles. The molecule has 0 unspecified atom stereocenters. The first kappa shape index (κ1) is 12.3. The predicted octanol–water partition coefficient (Wildman–Crippen LogP) is 1.99. The van der Waals surface area contributed by atoms with E-state index in [2.05, 4.69) is 20.2 Å². The van der Waals surface area contributed by atoms with Crippen LogP contribution in [0.2, 0.25) is 0 Å². The molecule has 0 amide bonds. The second kappa shape index (κ2) is 5.97. The Morgan fingerprint density at radius 1 is 1.41 bits per heavy atom. The fraction of sp³-hybridized carbons (Fsp3) is 0.400. The van der Waals surface area contributed by atoms with Gasteiger partial charge in [0.1, 0.15) is 12.0 Å². The first-order chi connectivity index (χ1) is 8.33. The van der Waals surface area contributed by atoms with Gasteiger partial charge in [-0.15, -0.1) is 21.8 Å². The zero-order valence-electron chi connectivity index (χ0n) is 9.38. The van der Waals surface area contributed by atoms with Crippen LogP contribution in [0.4, 0.5) is 0 Å². The Labute approximate surface area is 109 Å². The van der Waals surface area contributed by atoms with Crippen LogP contribution < -0.4 is 0 Å². The van der Waals surface area contributed by atoms with Gasteiger partial charge in [-0.05, 0) is 12.5 Å². The molecule has 0 atom stereocenters. The highest BCUT2D eigenvalue weighted by Gasteiger charge is 2.11. The number of thioether (sulfide) groups is 1. The molecule has 2 aromatic heterocycles. The zero-order chi connectivity index (χ0) is 12.1. The van der Waals surface area contributed by atoms with E-state index < -0.39 is 0 Å². The van der Waals surface area contributed by atoms with Gasteiger partial charge in [-0.2, -0.15) is 0 Å². The van der Waals surface area contributed by atoms with E-state index in [1.54, 1.807) is 18.0 Å². The number of hydrogen-bond donors (Lipinski definition) is 0. The lowest BCUT2D eigenvalue weighted by Gasteiger charge is -2.02. The molecule has 2 aromatic rings. The van der Waals surface area contributed by atoms with Crippen molar-refractivity contribution in [2.45, 2.75) is 11.6 Å². The lowest BCUT2D eigenvalue weighted by molar-refractivity contribution is 0.791. The van der Waals surface area contributed by atoms with Crippen LogP contribution in [0.15, 0.2) is 23.7 Å². The maximum Gasteiger partial charge on any atom is 0.191 e. The normalized spacial score (nSPS) is 10.7. The summed E-state index contributed by atoms with van der Waals surface area (Å²) < 4.78 is 1.93. The van der Waals surface area contributed by atoms with Crippen LogP contribution in [0.3, 0.4) is 0 Å². The average molecular weight is 270 g/mol. The highest BCUT2D eigenvalue weighted by Crippen LogP contribution is 2.21. The highest BCUT2D eigenvalue weighted by molar-refractivity contribution is 7.99. The second-order valence-corrected chi connectivity index (χ2v) is 4.79. The van der Waals surface area contributed by atoms with Crippen molar-refractivity contribution in [3.05, 3.63) is 18.6 Å². The standard InChI is InChI=1S/C10H12ClN5S/c1-16-9(8-3-5-12-7-13-8)14-15-10(16)17-6-2-4-11/h3,5,7H,2,4,6H2,1H3. The summed E-state index contributed by atoms with van der Waals surface area (Å²) in [6.45, 7) is 0. The van der Waals surface area contributed by atoms with Crippen molar-refractivity contribution in [1.82, 2.24) is 24.7 Å². The average Bonchev–Trinajstić information content (AvgIpc) is 2.73. The quantitative estimate of drug-likeness (QED) is 0.472. The van der Waals surface area contributed by atoms with E-state index in [1.165, 1.54) is 6.33 Å². The molecular formula is C10H12ClN5S. The molecule has 0 aromatic carbocycles. The predicted molar refractivity (Wildman–Crippen MR) is 68.1 cm³/mol. The molecule has 0 spiro atoms. The van der Waals surface area contributed by atoms with Crippen LogP contribution in [0.25, 0.3) is 11.5 Å². The lowest BCUT2D eigenvalue weighted by Crippen LogP contribution is -1.97. The number of halogens is 1. The van der Waals surface area contributed by atoms with Crippen molar-refractivity contribution in [3.8, 4) is 11.5 Å². The Kier molecular flexibility index (Phi) is 4.33. The van der Waals surface area contributed by atoms with Gasteiger partial charge in [-0.25, -0.2) is 9.97 Å². The second-order valence-electron chi connectivity index (χ2n) is 3.35. The lowest BCUT2D eigenvalue weighted by atomic mass is 10.4. The van der Waals surface area contributed by atoms with Gasteiger partial charge in [0.25, 0.3) is 0 Å². The van der Waals surface area contributed by atoms with Gasteiger partial charge in [0.2, 0.25) is 0 Å². The van der Waals surface area contributed by atoms with Gasteiger partial charge >= 0.3 is 0 Å². The van der Waals surface area contributed by atoms with Crippen molar-refractivity contribution in [2.24, 2.45) is 7.05 Å².